The predicted octanol–water partition coefficient (Wildman–Crippen LogP) is 3.04. The van der Waals surface area contributed by atoms with Crippen molar-refractivity contribution in [2.45, 2.75) is 31.2 Å². The van der Waals surface area contributed by atoms with Crippen LogP contribution in [0.4, 0.5) is 0 Å². The van der Waals surface area contributed by atoms with Crippen molar-refractivity contribution in [1.29, 1.82) is 0 Å². The van der Waals surface area contributed by atoms with Crippen molar-refractivity contribution < 1.29 is 17.9 Å². The SMILES string of the molecule is Cc1ccc(OCCC(=O)NC(C)c2ccc(S(C)(=O)=O)cc2)cc1. The van der Waals surface area contributed by atoms with Crippen LogP contribution in [0.15, 0.2) is 53.4 Å². The Morgan fingerprint density at radius 1 is 1.08 bits per heavy atom. The van der Waals surface area contributed by atoms with E-state index >= 15 is 0 Å². The first-order valence-electron chi connectivity index (χ1n) is 8.04. The Labute approximate surface area is 148 Å². The molecule has 134 valence electrons. The van der Waals surface area contributed by atoms with Crippen molar-refractivity contribution in [2.24, 2.45) is 0 Å². The first-order chi connectivity index (χ1) is 11.8. The fourth-order valence-electron chi connectivity index (χ4n) is 2.30. The largest absolute Gasteiger partial charge is 0.493 e. The molecule has 1 amide bonds. The zero-order valence-corrected chi connectivity index (χ0v) is 15.5. The number of hydrogen-bond donors (Lipinski definition) is 1. The Kier molecular flexibility index (Phi) is 6.20. The molecule has 1 atom stereocenters. The van der Waals surface area contributed by atoms with Crippen molar-refractivity contribution in [3.05, 3.63) is 59.7 Å². The summed E-state index contributed by atoms with van der Waals surface area (Å²) in [6.45, 7) is 4.16. The number of carbonyl (C=O) groups excluding carboxylic acids is 1. The highest BCUT2D eigenvalue weighted by atomic mass is 32.2. The lowest BCUT2D eigenvalue weighted by atomic mass is 10.1. The summed E-state index contributed by atoms with van der Waals surface area (Å²) in [5.74, 6) is 0.620. The molecule has 5 nitrogen and oxygen atoms in total. The summed E-state index contributed by atoms with van der Waals surface area (Å²) in [5.41, 5.74) is 2.00. The number of amides is 1. The highest BCUT2D eigenvalue weighted by Crippen LogP contribution is 2.16. The zero-order valence-electron chi connectivity index (χ0n) is 14.7. The van der Waals surface area contributed by atoms with Crippen molar-refractivity contribution in [3.8, 4) is 5.75 Å². The Bertz CT molecular complexity index is 812. The molecule has 1 unspecified atom stereocenters. The fraction of sp³-hybridized carbons (Fsp3) is 0.316. The number of sulfone groups is 1. The maximum absolute atomic E-state index is 12.0. The van der Waals surface area contributed by atoms with Gasteiger partial charge in [0.1, 0.15) is 5.75 Å². The summed E-state index contributed by atoms with van der Waals surface area (Å²) in [6, 6.07) is 14.0. The Balaban J connectivity index is 1.82. The van der Waals surface area contributed by atoms with Gasteiger partial charge in [0.2, 0.25) is 5.91 Å². The lowest BCUT2D eigenvalue weighted by molar-refractivity contribution is -0.122. The molecule has 0 aromatic heterocycles. The van der Waals surface area contributed by atoms with Crippen LogP contribution in [0.2, 0.25) is 0 Å². The van der Waals surface area contributed by atoms with Gasteiger partial charge in [-0.15, -0.1) is 0 Å². The average molecular weight is 361 g/mol. The number of ether oxygens (including phenoxy) is 1. The molecule has 25 heavy (non-hydrogen) atoms. The van der Waals surface area contributed by atoms with Crippen LogP contribution in [0.25, 0.3) is 0 Å². The van der Waals surface area contributed by atoms with Gasteiger partial charge in [0.05, 0.1) is 24.0 Å². The van der Waals surface area contributed by atoms with E-state index in [1.807, 2.05) is 38.1 Å². The molecule has 0 heterocycles. The van der Waals surface area contributed by atoms with Crippen molar-refractivity contribution in [3.63, 3.8) is 0 Å². The molecule has 0 aliphatic rings. The van der Waals surface area contributed by atoms with Crippen LogP contribution < -0.4 is 10.1 Å². The summed E-state index contributed by atoms with van der Waals surface area (Å²) in [5, 5.41) is 2.88. The third-order valence-corrected chi connectivity index (χ3v) is 4.93. The summed E-state index contributed by atoms with van der Waals surface area (Å²) in [4.78, 5) is 12.3. The molecule has 1 N–H and O–H groups in total. The molecular formula is C19H23NO4S. The van der Waals surface area contributed by atoms with E-state index < -0.39 is 9.84 Å². The van der Waals surface area contributed by atoms with Crippen LogP contribution >= 0.6 is 0 Å². The van der Waals surface area contributed by atoms with Crippen LogP contribution in [0, 0.1) is 6.92 Å². The number of benzene rings is 2. The average Bonchev–Trinajstić information content (AvgIpc) is 2.56. The molecule has 2 aromatic carbocycles. The number of nitrogens with one attached hydrogen (secondary N) is 1. The standard InChI is InChI=1S/C19H23NO4S/c1-14-4-8-17(9-5-14)24-13-12-19(21)20-15(2)16-6-10-18(11-7-16)25(3,22)23/h4-11,15H,12-13H2,1-3H3,(H,20,21). The van der Waals surface area contributed by atoms with Crippen LogP contribution in [0.1, 0.15) is 30.5 Å². The second-order valence-corrected chi connectivity index (χ2v) is 8.06. The Hall–Kier alpha value is -2.34. The van der Waals surface area contributed by atoms with Gasteiger partial charge in [-0.2, -0.15) is 0 Å². The number of rotatable bonds is 7. The van der Waals surface area contributed by atoms with E-state index in [4.69, 9.17) is 4.74 Å². The number of carbonyl (C=O) groups is 1. The second kappa shape index (κ2) is 8.16. The van der Waals surface area contributed by atoms with Gasteiger partial charge in [-0.1, -0.05) is 29.8 Å². The van der Waals surface area contributed by atoms with Crippen LogP contribution in [-0.4, -0.2) is 27.2 Å². The molecule has 0 spiro atoms. The van der Waals surface area contributed by atoms with E-state index in [9.17, 15) is 13.2 Å². The highest BCUT2D eigenvalue weighted by Gasteiger charge is 2.12. The molecule has 0 bridgehead atoms. The van der Waals surface area contributed by atoms with Crippen molar-refractivity contribution in [1.82, 2.24) is 5.32 Å². The monoisotopic (exact) mass is 361 g/mol. The molecule has 0 saturated carbocycles. The first-order valence-corrected chi connectivity index (χ1v) is 9.94. The predicted molar refractivity (Wildman–Crippen MR) is 97.4 cm³/mol. The minimum Gasteiger partial charge on any atom is -0.493 e. The summed E-state index contributed by atoms with van der Waals surface area (Å²) in [7, 11) is -3.21. The lowest BCUT2D eigenvalue weighted by Gasteiger charge is -2.15. The zero-order chi connectivity index (χ0) is 18.4. The van der Waals surface area contributed by atoms with Gasteiger partial charge in [-0.3, -0.25) is 4.79 Å². The van der Waals surface area contributed by atoms with Gasteiger partial charge in [0, 0.05) is 6.26 Å². The van der Waals surface area contributed by atoms with Gasteiger partial charge < -0.3 is 10.1 Å². The molecule has 2 rings (SSSR count). The van der Waals surface area contributed by atoms with Gasteiger partial charge in [0.15, 0.2) is 9.84 Å². The molecule has 0 saturated heterocycles. The van der Waals surface area contributed by atoms with Crippen molar-refractivity contribution in [2.75, 3.05) is 12.9 Å². The third-order valence-electron chi connectivity index (χ3n) is 3.80. The maximum Gasteiger partial charge on any atom is 0.223 e. The van der Waals surface area contributed by atoms with Gasteiger partial charge >= 0.3 is 0 Å². The molecule has 0 radical (unpaired) electrons. The van der Waals surface area contributed by atoms with E-state index in [1.54, 1.807) is 24.3 Å². The van der Waals surface area contributed by atoms with Crippen LogP contribution in [-0.2, 0) is 14.6 Å². The molecule has 0 aliphatic carbocycles. The van der Waals surface area contributed by atoms with E-state index in [0.717, 1.165) is 16.9 Å². The molecule has 0 aliphatic heterocycles. The van der Waals surface area contributed by atoms with Gasteiger partial charge in [0.25, 0.3) is 0 Å². The minimum absolute atomic E-state index is 0.119. The van der Waals surface area contributed by atoms with Crippen molar-refractivity contribution >= 4 is 15.7 Å². The number of aryl methyl sites for hydroxylation is 1. The topological polar surface area (TPSA) is 72.5 Å². The van der Waals surface area contributed by atoms with Crippen LogP contribution in [0.3, 0.4) is 0 Å². The van der Waals surface area contributed by atoms with Gasteiger partial charge in [-0.05, 0) is 43.7 Å². The van der Waals surface area contributed by atoms with E-state index in [-0.39, 0.29) is 23.3 Å². The van der Waals surface area contributed by atoms with E-state index in [0.29, 0.717) is 6.61 Å². The van der Waals surface area contributed by atoms with E-state index in [2.05, 4.69) is 5.32 Å². The normalized spacial score (nSPS) is 12.4. The molecular weight excluding hydrogens is 338 g/mol. The lowest BCUT2D eigenvalue weighted by Crippen LogP contribution is -2.27. The second-order valence-electron chi connectivity index (χ2n) is 6.04. The Morgan fingerprint density at radius 2 is 1.68 bits per heavy atom. The Morgan fingerprint density at radius 3 is 2.24 bits per heavy atom. The highest BCUT2D eigenvalue weighted by molar-refractivity contribution is 7.90. The van der Waals surface area contributed by atoms with Gasteiger partial charge in [-0.25, -0.2) is 8.42 Å². The smallest absolute Gasteiger partial charge is 0.223 e. The molecule has 6 heteroatoms. The first kappa shape index (κ1) is 19.0. The van der Waals surface area contributed by atoms with E-state index in [1.165, 1.54) is 6.26 Å². The summed E-state index contributed by atoms with van der Waals surface area (Å²) in [6.07, 6.45) is 1.42. The van der Waals surface area contributed by atoms with Crippen LogP contribution in [0.5, 0.6) is 5.75 Å². The summed E-state index contributed by atoms with van der Waals surface area (Å²) >= 11 is 0. The third kappa shape index (κ3) is 5.90. The maximum atomic E-state index is 12.0. The summed E-state index contributed by atoms with van der Waals surface area (Å²) < 4.78 is 28.5. The minimum atomic E-state index is -3.21. The molecule has 0 fully saturated rings. The number of hydrogen-bond acceptors (Lipinski definition) is 4. The quantitative estimate of drug-likeness (QED) is 0.823. The fourth-order valence-corrected chi connectivity index (χ4v) is 2.93. The molecule has 2 aromatic rings.